The molecular weight excluding hydrogens is 497 g/mol. The van der Waals surface area contributed by atoms with Gasteiger partial charge in [-0.3, -0.25) is 4.79 Å². The summed E-state index contributed by atoms with van der Waals surface area (Å²) in [7, 11) is -4.00. The first-order valence-electron chi connectivity index (χ1n) is 10.3. The van der Waals surface area contributed by atoms with E-state index in [4.69, 9.17) is 27.9 Å². The summed E-state index contributed by atoms with van der Waals surface area (Å²) in [6, 6.07) is 19.8. The molecule has 0 bridgehead atoms. The SMILES string of the molecule is CCOc1ccccc1C=NNC(=O)CN(Cc1ccc(Cl)cc1Cl)S(=O)(=O)c1ccccc1. The molecule has 10 heteroatoms. The molecule has 178 valence electrons. The molecule has 0 aliphatic rings. The van der Waals surface area contributed by atoms with Gasteiger partial charge >= 0.3 is 0 Å². The molecular formula is C24H23Cl2N3O4S. The van der Waals surface area contributed by atoms with Crippen LogP contribution in [0.15, 0.2) is 82.8 Å². The minimum atomic E-state index is -4.00. The van der Waals surface area contributed by atoms with Crippen LogP contribution < -0.4 is 10.2 Å². The van der Waals surface area contributed by atoms with Gasteiger partial charge in [-0.15, -0.1) is 0 Å². The number of benzene rings is 3. The summed E-state index contributed by atoms with van der Waals surface area (Å²) in [6.45, 7) is 1.75. The second-order valence-electron chi connectivity index (χ2n) is 7.09. The largest absolute Gasteiger partial charge is 0.493 e. The summed E-state index contributed by atoms with van der Waals surface area (Å²) in [5.41, 5.74) is 3.56. The van der Waals surface area contributed by atoms with Crippen molar-refractivity contribution in [2.45, 2.75) is 18.4 Å². The number of para-hydroxylation sites is 1. The Bertz CT molecular complexity index is 1270. The quantitative estimate of drug-likeness (QED) is 0.309. The van der Waals surface area contributed by atoms with Crippen molar-refractivity contribution < 1.29 is 17.9 Å². The van der Waals surface area contributed by atoms with Crippen LogP contribution in [0.2, 0.25) is 10.0 Å². The number of carbonyl (C=O) groups is 1. The van der Waals surface area contributed by atoms with Crippen LogP contribution in [0.5, 0.6) is 5.75 Å². The van der Waals surface area contributed by atoms with Gasteiger partial charge in [-0.2, -0.15) is 9.41 Å². The highest BCUT2D eigenvalue weighted by Gasteiger charge is 2.27. The number of sulfonamides is 1. The van der Waals surface area contributed by atoms with Gasteiger partial charge in [0.2, 0.25) is 10.0 Å². The maximum Gasteiger partial charge on any atom is 0.255 e. The lowest BCUT2D eigenvalue weighted by molar-refractivity contribution is -0.121. The van der Waals surface area contributed by atoms with Crippen LogP contribution in [0.25, 0.3) is 0 Å². The molecule has 0 aliphatic carbocycles. The van der Waals surface area contributed by atoms with E-state index in [1.807, 2.05) is 19.1 Å². The molecule has 1 N–H and O–H groups in total. The Morgan fingerprint density at radius 3 is 2.47 bits per heavy atom. The van der Waals surface area contributed by atoms with Crippen molar-refractivity contribution in [3.63, 3.8) is 0 Å². The summed E-state index contributed by atoms with van der Waals surface area (Å²) in [6.07, 6.45) is 1.44. The summed E-state index contributed by atoms with van der Waals surface area (Å²) in [4.78, 5) is 12.7. The molecule has 0 saturated heterocycles. The van der Waals surface area contributed by atoms with Crippen molar-refractivity contribution in [2.75, 3.05) is 13.2 Å². The predicted octanol–water partition coefficient (Wildman–Crippen LogP) is 4.73. The topological polar surface area (TPSA) is 88.1 Å². The zero-order valence-electron chi connectivity index (χ0n) is 18.3. The van der Waals surface area contributed by atoms with Gasteiger partial charge in [0.15, 0.2) is 0 Å². The first kappa shape index (κ1) is 25.7. The minimum absolute atomic E-state index is 0.0574. The van der Waals surface area contributed by atoms with Crippen LogP contribution >= 0.6 is 23.2 Å². The zero-order chi connectivity index (χ0) is 24.6. The first-order valence-corrected chi connectivity index (χ1v) is 12.5. The average Bonchev–Trinajstić information content (AvgIpc) is 2.82. The van der Waals surface area contributed by atoms with Crippen LogP contribution in [0.3, 0.4) is 0 Å². The Morgan fingerprint density at radius 1 is 1.06 bits per heavy atom. The molecule has 0 fully saturated rings. The highest BCUT2D eigenvalue weighted by molar-refractivity contribution is 7.89. The molecule has 0 spiro atoms. The lowest BCUT2D eigenvalue weighted by Gasteiger charge is -2.22. The Hall–Kier alpha value is -2.91. The van der Waals surface area contributed by atoms with Crippen LogP contribution in [-0.4, -0.2) is 38.0 Å². The normalized spacial score (nSPS) is 11.6. The molecule has 1 amide bonds. The van der Waals surface area contributed by atoms with Gasteiger partial charge in [0, 0.05) is 22.2 Å². The van der Waals surface area contributed by atoms with Crippen molar-refractivity contribution in [3.05, 3.63) is 94.0 Å². The summed E-state index contributed by atoms with van der Waals surface area (Å²) >= 11 is 12.2. The van der Waals surface area contributed by atoms with Crippen molar-refractivity contribution >= 4 is 45.3 Å². The number of nitrogens with zero attached hydrogens (tertiary/aromatic N) is 2. The zero-order valence-corrected chi connectivity index (χ0v) is 20.6. The van der Waals surface area contributed by atoms with Gasteiger partial charge in [0.1, 0.15) is 5.75 Å². The monoisotopic (exact) mass is 519 g/mol. The van der Waals surface area contributed by atoms with E-state index in [1.165, 1.54) is 24.4 Å². The lowest BCUT2D eigenvalue weighted by atomic mass is 10.2. The van der Waals surface area contributed by atoms with Gasteiger partial charge in [-0.05, 0) is 48.9 Å². The Morgan fingerprint density at radius 2 is 1.76 bits per heavy atom. The van der Waals surface area contributed by atoms with Crippen molar-refractivity contribution in [1.82, 2.24) is 9.73 Å². The van der Waals surface area contributed by atoms with E-state index in [1.54, 1.807) is 42.5 Å². The molecule has 0 saturated carbocycles. The number of hydrogen-bond acceptors (Lipinski definition) is 5. The standard InChI is InChI=1S/C24H23Cl2N3O4S/c1-2-33-23-11-7-6-8-18(23)15-27-28-24(30)17-29(16-19-12-13-20(25)14-22(19)26)34(31,32)21-9-4-3-5-10-21/h3-15H,2,16-17H2,1H3,(H,28,30). The summed E-state index contributed by atoms with van der Waals surface area (Å²) < 4.78 is 33.1. The fourth-order valence-corrected chi connectivity index (χ4v) is 4.91. The van der Waals surface area contributed by atoms with Crippen molar-refractivity contribution in [1.29, 1.82) is 0 Å². The maximum absolute atomic E-state index is 13.3. The number of rotatable bonds is 10. The van der Waals surface area contributed by atoms with Gasteiger partial charge in [0.05, 0.1) is 24.3 Å². The molecule has 3 aromatic carbocycles. The van der Waals surface area contributed by atoms with Crippen LogP contribution in [0.4, 0.5) is 0 Å². The third-order valence-electron chi connectivity index (χ3n) is 4.67. The molecule has 0 aromatic heterocycles. The number of ether oxygens (including phenoxy) is 1. The van der Waals surface area contributed by atoms with E-state index in [-0.39, 0.29) is 11.4 Å². The van der Waals surface area contributed by atoms with E-state index < -0.39 is 22.5 Å². The predicted molar refractivity (Wildman–Crippen MR) is 134 cm³/mol. The van der Waals surface area contributed by atoms with E-state index in [9.17, 15) is 13.2 Å². The number of amides is 1. The van der Waals surface area contributed by atoms with Crippen LogP contribution in [-0.2, 0) is 21.4 Å². The van der Waals surface area contributed by atoms with Crippen molar-refractivity contribution in [2.24, 2.45) is 5.10 Å². The van der Waals surface area contributed by atoms with E-state index in [0.717, 1.165) is 4.31 Å². The average molecular weight is 520 g/mol. The van der Waals surface area contributed by atoms with Crippen LogP contribution in [0, 0.1) is 0 Å². The molecule has 3 rings (SSSR count). The third-order valence-corrected chi connectivity index (χ3v) is 7.07. The second kappa shape index (κ2) is 12.0. The minimum Gasteiger partial charge on any atom is -0.493 e. The highest BCUT2D eigenvalue weighted by Crippen LogP contribution is 2.25. The number of halogens is 2. The number of hydrazone groups is 1. The maximum atomic E-state index is 13.3. The van der Waals surface area contributed by atoms with E-state index >= 15 is 0 Å². The molecule has 0 aliphatic heterocycles. The van der Waals surface area contributed by atoms with Gasteiger partial charge in [0.25, 0.3) is 5.91 Å². The molecule has 7 nitrogen and oxygen atoms in total. The van der Waals surface area contributed by atoms with E-state index in [2.05, 4.69) is 10.5 Å². The number of nitrogens with one attached hydrogen (secondary N) is 1. The highest BCUT2D eigenvalue weighted by atomic mass is 35.5. The lowest BCUT2D eigenvalue weighted by Crippen LogP contribution is -2.39. The Labute approximate surface area is 209 Å². The fourth-order valence-electron chi connectivity index (χ4n) is 3.05. The summed E-state index contributed by atoms with van der Waals surface area (Å²) in [5.74, 6) is 0.00314. The number of hydrogen-bond donors (Lipinski definition) is 1. The Kier molecular flexibility index (Phi) is 9.06. The van der Waals surface area contributed by atoms with Gasteiger partial charge in [-0.1, -0.05) is 59.6 Å². The Balaban J connectivity index is 1.80. The second-order valence-corrected chi connectivity index (χ2v) is 9.87. The molecule has 0 radical (unpaired) electrons. The van der Waals surface area contributed by atoms with Crippen molar-refractivity contribution in [3.8, 4) is 5.75 Å². The van der Waals surface area contributed by atoms with Gasteiger partial charge in [-0.25, -0.2) is 13.8 Å². The molecule has 0 atom stereocenters. The molecule has 0 heterocycles. The smallest absolute Gasteiger partial charge is 0.255 e. The molecule has 3 aromatic rings. The van der Waals surface area contributed by atoms with Gasteiger partial charge < -0.3 is 4.74 Å². The number of carbonyl (C=O) groups excluding carboxylic acids is 1. The van der Waals surface area contributed by atoms with Crippen LogP contribution in [0.1, 0.15) is 18.1 Å². The van der Waals surface area contributed by atoms with E-state index in [0.29, 0.717) is 33.5 Å². The molecule has 34 heavy (non-hydrogen) atoms. The summed E-state index contributed by atoms with van der Waals surface area (Å²) in [5, 5.41) is 4.68. The third kappa shape index (κ3) is 6.80. The first-order chi connectivity index (χ1) is 16.3. The fraction of sp³-hybridized carbons (Fsp3) is 0.167. The molecule has 0 unspecified atom stereocenters.